The number of primary amides is 1. The Balaban J connectivity index is 2.71. The minimum Gasteiger partial charge on any atom is -0.373 e. The molecule has 4 nitrogen and oxygen atoms in total. The van der Waals surface area contributed by atoms with E-state index in [2.05, 4.69) is 10.3 Å². The van der Waals surface area contributed by atoms with Crippen LogP contribution in [0.15, 0.2) is 18.3 Å². The van der Waals surface area contributed by atoms with Gasteiger partial charge >= 0.3 is 0 Å². The van der Waals surface area contributed by atoms with E-state index in [1.54, 1.807) is 6.20 Å². The quantitative estimate of drug-likeness (QED) is 0.742. The Labute approximate surface area is 83.5 Å². The lowest BCUT2D eigenvalue weighted by Gasteiger charge is -2.07. The maximum atomic E-state index is 10.8. The number of anilines is 1. The third-order valence-corrected chi connectivity index (χ3v) is 2.11. The number of aromatic nitrogens is 1. The molecule has 1 atom stereocenters. The van der Waals surface area contributed by atoms with Crippen molar-refractivity contribution in [3.63, 3.8) is 0 Å². The molecule has 0 bridgehead atoms. The smallest absolute Gasteiger partial charge is 0.220 e. The lowest BCUT2D eigenvalue weighted by molar-refractivity contribution is -0.121. The van der Waals surface area contributed by atoms with Crippen LogP contribution < -0.4 is 11.1 Å². The van der Waals surface area contributed by atoms with E-state index in [0.717, 1.165) is 11.4 Å². The summed E-state index contributed by atoms with van der Waals surface area (Å²) in [5.41, 5.74) is 6.25. The highest BCUT2D eigenvalue weighted by atomic mass is 16.1. The molecule has 0 radical (unpaired) electrons. The molecule has 0 fully saturated rings. The molecule has 0 aliphatic carbocycles. The Morgan fingerprint density at radius 3 is 3.00 bits per heavy atom. The van der Waals surface area contributed by atoms with Crippen molar-refractivity contribution in [3.05, 3.63) is 23.9 Å². The molecule has 3 N–H and O–H groups in total. The van der Waals surface area contributed by atoms with Gasteiger partial charge in [-0.3, -0.25) is 4.79 Å². The fourth-order valence-electron chi connectivity index (χ4n) is 1.19. The van der Waals surface area contributed by atoms with Crippen LogP contribution >= 0.6 is 0 Å². The summed E-state index contributed by atoms with van der Waals surface area (Å²) >= 11 is 0. The Hall–Kier alpha value is -1.58. The zero-order valence-corrected chi connectivity index (χ0v) is 8.45. The first-order valence-electron chi connectivity index (χ1n) is 4.55. The van der Waals surface area contributed by atoms with Crippen molar-refractivity contribution in [3.8, 4) is 0 Å². The molecule has 0 saturated carbocycles. The van der Waals surface area contributed by atoms with E-state index in [1.165, 1.54) is 0 Å². The molecule has 0 aliphatic heterocycles. The van der Waals surface area contributed by atoms with E-state index in [0.29, 0.717) is 6.42 Å². The number of hydrogen-bond donors (Lipinski definition) is 2. The predicted octanol–water partition coefficient (Wildman–Crippen LogP) is 0.787. The molecule has 0 aliphatic rings. The Bertz CT molecular complexity index is 325. The van der Waals surface area contributed by atoms with E-state index in [4.69, 9.17) is 5.73 Å². The van der Waals surface area contributed by atoms with Gasteiger partial charge in [-0.2, -0.15) is 0 Å². The molecule has 1 aromatic rings. The van der Waals surface area contributed by atoms with Gasteiger partial charge in [0.25, 0.3) is 0 Å². The fraction of sp³-hybridized carbons (Fsp3) is 0.400. The summed E-state index contributed by atoms with van der Waals surface area (Å²) in [4.78, 5) is 14.9. The summed E-state index contributed by atoms with van der Waals surface area (Å²) in [7, 11) is 1.81. The normalized spacial score (nSPS) is 12.1. The number of rotatable bonds is 4. The van der Waals surface area contributed by atoms with Crippen LogP contribution in [0.1, 0.15) is 12.5 Å². The van der Waals surface area contributed by atoms with Crippen LogP contribution in [-0.2, 0) is 11.2 Å². The maximum Gasteiger partial charge on any atom is 0.220 e. The number of hydrogen-bond acceptors (Lipinski definition) is 3. The minimum absolute atomic E-state index is 0.137. The summed E-state index contributed by atoms with van der Waals surface area (Å²) in [5, 5.41) is 2.94. The van der Waals surface area contributed by atoms with E-state index < -0.39 is 0 Å². The third-order valence-electron chi connectivity index (χ3n) is 2.11. The highest BCUT2D eigenvalue weighted by Gasteiger charge is 2.09. The molecule has 4 heteroatoms. The van der Waals surface area contributed by atoms with Gasteiger partial charge in [0.1, 0.15) is 5.82 Å². The number of nitrogens with two attached hydrogens (primary N) is 1. The van der Waals surface area contributed by atoms with E-state index in [9.17, 15) is 4.79 Å². The number of carbonyl (C=O) groups excluding carboxylic acids is 1. The molecule has 76 valence electrons. The Morgan fingerprint density at radius 1 is 1.71 bits per heavy atom. The molecule has 1 rings (SSSR count). The maximum absolute atomic E-state index is 10.8. The lowest BCUT2D eigenvalue weighted by atomic mass is 10.0. The second-order valence-electron chi connectivity index (χ2n) is 3.31. The molecule has 0 saturated heterocycles. The van der Waals surface area contributed by atoms with Crippen LogP contribution in [0.3, 0.4) is 0 Å². The van der Waals surface area contributed by atoms with Gasteiger partial charge in [-0.25, -0.2) is 4.98 Å². The molecule has 1 heterocycles. The standard InChI is InChI=1S/C10H15N3O/c1-7(10(11)14)5-8-3-4-13-9(6-8)12-2/h3-4,6-7H,5H2,1-2H3,(H2,11,14)(H,12,13). The molecule has 1 aromatic heterocycles. The highest BCUT2D eigenvalue weighted by molar-refractivity contribution is 5.76. The number of pyridine rings is 1. The van der Waals surface area contributed by atoms with Crippen molar-refractivity contribution in [1.82, 2.24) is 4.98 Å². The summed E-state index contributed by atoms with van der Waals surface area (Å²) in [6, 6.07) is 3.81. The number of amides is 1. The van der Waals surface area contributed by atoms with Crippen LogP contribution in [-0.4, -0.2) is 17.9 Å². The van der Waals surface area contributed by atoms with Crippen molar-refractivity contribution in [1.29, 1.82) is 0 Å². The van der Waals surface area contributed by atoms with Gasteiger partial charge in [-0.15, -0.1) is 0 Å². The lowest BCUT2D eigenvalue weighted by Crippen LogP contribution is -2.22. The summed E-state index contributed by atoms with van der Waals surface area (Å²) < 4.78 is 0. The largest absolute Gasteiger partial charge is 0.373 e. The topological polar surface area (TPSA) is 68.0 Å². The first-order chi connectivity index (χ1) is 6.63. The first kappa shape index (κ1) is 10.5. The zero-order valence-electron chi connectivity index (χ0n) is 8.45. The van der Waals surface area contributed by atoms with Gasteiger partial charge in [0.05, 0.1) is 0 Å². The van der Waals surface area contributed by atoms with E-state index in [1.807, 2.05) is 26.1 Å². The second-order valence-corrected chi connectivity index (χ2v) is 3.31. The number of nitrogens with one attached hydrogen (secondary N) is 1. The fourth-order valence-corrected chi connectivity index (χ4v) is 1.19. The van der Waals surface area contributed by atoms with Gasteiger partial charge in [0.15, 0.2) is 0 Å². The molecular formula is C10H15N3O. The molecule has 0 aromatic carbocycles. The van der Waals surface area contributed by atoms with Crippen LogP contribution in [0.25, 0.3) is 0 Å². The predicted molar refractivity (Wildman–Crippen MR) is 55.8 cm³/mol. The SMILES string of the molecule is CNc1cc(CC(C)C(N)=O)ccn1. The third kappa shape index (κ3) is 2.73. The molecule has 1 amide bonds. The zero-order chi connectivity index (χ0) is 10.6. The van der Waals surface area contributed by atoms with Gasteiger partial charge in [0, 0.05) is 19.2 Å². The minimum atomic E-state index is -0.271. The molecule has 14 heavy (non-hydrogen) atoms. The first-order valence-corrected chi connectivity index (χ1v) is 4.55. The number of carbonyl (C=O) groups is 1. The second kappa shape index (κ2) is 4.60. The van der Waals surface area contributed by atoms with Crippen molar-refractivity contribution < 1.29 is 4.79 Å². The molecule has 1 unspecified atom stereocenters. The van der Waals surface area contributed by atoms with Gasteiger partial charge < -0.3 is 11.1 Å². The van der Waals surface area contributed by atoms with Crippen molar-refractivity contribution in [2.75, 3.05) is 12.4 Å². The molecule has 0 spiro atoms. The van der Waals surface area contributed by atoms with Gasteiger partial charge in [-0.1, -0.05) is 6.92 Å². The summed E-state index contributed by atoms with van der Waals surface area (Å²) in [6.07, 6.45) is 2.38. The highest BCUT2D eigenvalue weighted by Crippen LogP contribution is 2.11. The molecular weight excluding hydrogens is 178 g/mol. The van der Waals surface area contributed by atoms with E-state index in [-0.39, 0.29) is 11.8 Å². The summed E-state index contributed by atoms with van der Waals surface area (Å²) in [5.74, 6) is 0.397. The Kier molecular flexibility index (Phi) is 3.45. The van der Waals surface area contributed by atoms with Crippen LogP contribution in [0.2, 0.25) is 0 Å². The van der Waals surface area contributed by atoms with Crippen molar-refractivity contribution >= 4 is 11.7 Å². The van der Waals surface area contributed by atoms with Crippen LogP contribution in [0.4, 0.5) is 5.82 Å². The van der Waals surface area contributed by atoms with Gasteiger partial charge in [-0.05, 0) is 24.1 Å². The van der Waals surface area contributed by atoms with Crippen LogP contribution in [0.5, 0.6) is 0 Å². The van der Waals surface area contributed by atoms with Crippen molar-refractivity contribution in [2.45, 2.75) is 13.3 Å². The van der Waals surface area contributed by atoms with Crippen LogP contribution in [0, 0.1) is 5.92 Å². The monoisotopic (exact) mass is 193 g/mol. The Morgan fingerprint density at radius 2 is 2.43 bits per heavy atom. The van der Waals surface area contributed by atoms with Crippen molar-refractivity contribution in [2.24, 2.45) is 11.7 Å². The number of nitrogens with zero attached hydrogens (tertiary/aromatic N) is 1. The average Bonchev–Trinajstić information content (AvgIpc) is 2.18. The van der Waals surface area contributed by atoms with Gasteiger partial charge in [0.2, 0.25) is 5.91 Å². The summed E-state index contributed by atoms with van der Waals surface area (Å²) in [6.45, 7) is 1.82. The van der Waals surface area contributed by atoms with E-state index >= 15 is 0 Å². The average molecular weight is 193 g/mol.